The van der Waals surface area contributed by atoms with Gasteiger partial charge in [0.25, 0.3) is 17.7 Å². The second kappa shape index (κ2) is 37.2. The van der Waals surface area contributed by atoms with Crippen LogP contribution in [-0.4, -0.2) is 102 Å². The molecule has 0 radical (unpaired) electrons. The number of anilines is 3. The van der Waals surface area contributed by atoms with Crippen molar-refractivity contribution in [2.75, 3.05) is 37.3 Å². The van der Waals surface area contributed by atoms with Gasteiger partial charge in [-0.3, -0.25) is 30.3 Å². The Kier molecular flexibility index (Phi) is 27.5. The second-order valence-corrected chi connectivity index (χ2v) is 26.3. The minimum Gasteiger partial charge on any atom is -0.508 e. The molecule has 0 aliphatic carbocycles. The highest BCUT2D eigenvalue weighted by molar-refractivity contribution is 6.33. The highest BCUT2D eigenvalue weighted by Crippen LogP contribution is 2.39. The molecule has 3 amide bonds. The number of guanidine groups is 3. The monoisotopic (exact) mass is 1740 g/mol. The van der Waals surface area contributed by atoms with Crippen LogP contribution in [0.4, 0.5) is 87.2 Å². The van der Waals surface area contributed by atoms with E-state index < -0.39 is 106 Å². The summed E-state index contributed by atoms with van der Waals surface area (Å²) in [5, 5.41) is 56.5. The van der Waals surface area contributed by atoms with Crippen LogP contribution < -0.4 is 46.1 Å². The number of aromatic hydroxyl groups is 3. The molecule has 12 aromatic rings. The molecule has 0 aliphatic rings. The number of methoxy groups -OCH3 is 3. The summed E-state index contributed by atoms with van der Waals surface area (Å²) in [5.41, 5.74) is -3.59. The van der Waals surface area contributed by atoms with Gasteiger partial charge in [0.15, 0.2) is 34.5 Å². The fourth-order valence-corrected chi connectivity index (χ4v) is 11.3. The largest absolute Gasteiger partial charge is 0.508 e. The van der Waals surface area contributed by atoms with Gasteiger partial charge in [-0.1, -0.05) is 87.8 Å². The fraction of sp³-hybridized carbons (Fsp3) is 0.0800. The lowest BCUT2D eigenvalue weighted by molar-refractivity contribution is -0.142. The Morgan fingerprint density at radius 1 is 0.350 bits per heavy atom. The Balaban J connectivity index is 0.000000185. The number of alkyl halides is 9. The molecule has 117 heavy (non-hydrogen) atoms. The van der Waals surface area contributed by atoms with Crippen molar-refractivity contribution in [3.63, 3.8) is 0 Å². The van der Waals surface area contributed by atoms with Gasteiger partial charge in [0.1, 0.15) is 51.9 Å². The number of nitrogens with one attached hydrogen (secondary N) is 6. The Morgan fingerprint density at radius 2 is 0.624 bits per heavy atom. The molecule has 3 aromatic heterocycles. The first-order valence-electron chi connectivity index (χ1n) is 32.6. The van der Waals surface area contributed by atoms with Gasteiger partial charge in [-0.05, 0) is 109 Å². The molecule has 0 aliphatic heterocycles. The molecule has 3 heterocycles. The van der Waals surface area contributed by atoms with Crippen molar-refractivity contribution in [2.45, 2.75) is 18.5 Å². The van der Waals surface area contributed by atoms with Gasteiger partial charge < -0.3 is 45.5 Å². The van der Waals surface area contributed by atoms with E-state index in [1.165, 1.54) is 131 Å². The number of ether oxygens (including phenoxy) is 3. The predicted molar refractivity (Wildman–Crippen MR) is 413 cm³/mol. The van der Waals surface area contributed by atoms with E-state index in [0.717, 1.165) is 70.0 Å². The SMILES string of the molecule is COc1cc(O)cc(-n2nc(C(F)(F)F)cc2N=C(NC(=O)c2cccc(Cl)c2)Nc2cc(F)cc(Cl)c2)c1.COc1cc(OC)cc(-n2nc(C(F)(F)F)cc2N=C(NC(=O)c2cccc(Cl)c2)Nc2cc(F)cc(Cl)c2)c1.O=C(NC(=Nc1cc(C(F)(F)F)nn1-c1cc(O)cc(O)c1)Nc1cc(F)cc(Cl)c1)c1cccc(Cl)c1. The number of carbonyl (C=O) groups excluding carboxylic acids is 3. The number of carbonyl (C=O) groups is 3. The lowest BCUT2D eigenvalue weighted by atomic mass is 10.2. The van der Waals surface area contributed by atoms with Gasteiger partial charge in [-0.15, -0.1) is 0 Å². The molecule has 0 bridgehead atoms. The molecule has 0 atom stereocenters. The number of aromatic nitrogens is 6. The highest BCUT2D eigenvalue weighted by Gasteiger charge is 2.38. The number of amides is 3. The summed E-state index contributed by atoms with van der Waals surface area (Å²) >= 11 is 35.6. The Bertz CT molecular complexity index is 5720. The van der Waals surface area contributed by atoms with E-state index in [-0.39, 0.29) is 116 Å². The van der Waals surface area contributed by atoms with Crippen LogP contribution in [0.15, 0.2) is 215 Å². The van der Waals surface area contributed by atoms with Gasteiger partial charge in [0.2, 0.25) is 17.9 Å². The first-order chi connectivity index (χ1) is 55.2. The normalized spacial score (nSPS) is 11.8. The molecule has 0 spiro atoms. The standard InChI is InChI=1S/C26H19Cl2F4N5O3.C25H17Cl2F4N5O3.C24H15Cl2F4N5O3/c1-39-20-10-19(11-21(12-20)40-2)37-23(13-22(36-37)26(30,31)32)34-25(33-18-8-16(28)7-17(29)9-18)35-24(38)14-4-3-5-15(27)6-14;1-39-20-10-18(9-19(37)11-20)36-22(12-21(35-36)25(29,30)31)33-24(32-17-7-15(27)6-16(28)8-17)34-23(38)13-3-2-4-14(26)5-13;25-13-3-1-2-12(4-13)22(38)33-23(31-16-6-14(26)5-15(27)7-16)32-21-11-20(24(28,29)30)34-35(21)17-8-18(36)10-19(37)9-17/h3-13H,1-2H3,(H2,33,34,35,38);2-12,37H,1H3,(H2,32,33,34,38);1-11,36-37H,(H2,31,32,33,38). The number of aliphatic imine (C=N–C) groups is 3. The summed E-state index contributed by atoms with van der Waals surface area (Å²) < 4.78 is 182. The minimum atomic E-state index is -4.89. The molecule has 606 valence electrons. The van der Waals surface area contributed by atoms with E-state index in [4.69, 9.17) is 83.8 Å². The molecule has 0 saturated carbocycles. The van der Waals surface area contributed by atoms with Crippen LogP contribution in [0, 0.1) is 17.5 Å². The first kappa shape index (κ1) is 86.5. The lowest BCUT2D eigenvalue weighted by Gasteiger charge is -2.14. The molecule has 42 heteroatoms. The lowest BCUT2D eigenvalue weighted by Crippen LogP contribution is -2.36. The van der Waals surface area contributed by atoms with Crippen LogP contribution in [0.5, 0.6) is 34.5 Å². The first-order valence-corrected chi connectivity index (χ1v) is 34.8. The number of hydrogen-bond acceptors (Lipinski definition) is 15. The van der Waals surface area contributed by atoms with Crippen molar-refractivity contribution >= 4 is 140 Å². The highest BCUT2D eigenvalue weighted by atomic mass is 35.5. The summed E-state index contributed by atoms with van der Waals surface area (Å²) in [7, 11) is 4.05. The van der Waals surface area contributed by atoms with Crippen LogP contribution >= 0.6 is 69.6 Å². The summed E-state index contributed by atoms with van der Waals surface area (Å²) in [4.78, 5) is 51.2. The number of halogens is 18. The number of rotatable bonds is 15. The Hall–Kier alpha value is -12.9. The molecule has 0 fully saturated rings. The molecule has 9 aromatic carbocycles. The van der Waals surface area contributed by atoms with Crippen molar-refractivity contribution in [3.8, 4) is 51.6 Å². The average molecular weight is 1750 g/mol. The van der Waals surface area contributed by atoms with Crippen molar-refractivity contribution in [3.05, 3.63) is 282 Å². The Labute approximate surface area is 681 Å². The summed E-state index contributed by atoms with van der Waals surface area (Å²) in [6, 6.07) is 40.7. The van der Waals surface area contributed by atoms with Gasteiger partial charge in [-0.25, -0.2) is 27.2 Å². The van der Waals surface area contributed by atoms with Crippen LogP contribution in [0.1, 0.15) is 48.2 Å². The van der Waals surface area contributed by atoms with E-state index in [1.54, 1.807) is 12.1 Å². The van der Waals surface area contributed by atoms with Crippen molar-refractivity contribution in [1.82, 2.24) is 45.3 Å². The third kappa shape index (κ3) is 24.1. The number of phenolic OH excluding ortho intramolecular Hbond substituents is 3. The molecule has 9 N–H and O–H groups in total. The summed E-state index contributed by atoms with van der Waals surface area (Å²) in [6.45, 7) is 0. The molecule has 24 nitrogen and oxygen atoms in total. The fourth-order valence-electron chi connectivity index (χ4n) is 10.1. The summed E-state index contributed by atoms with van der Waals surface area (Å²) in [5.74, 6) is -7.33. The van der Waals surface area contributed by atoms with E-state index in [0.29, 0.717) is 22.9 Å². The van der Waals surface area contributed by atoms with Crippen LogP contribution in [-0.2, 0) is 18.5 Å². The molecular weight excluding hydrogens is 1700 g/mol. The second-order valence-electron chi connectivity index (χ2n) is 23.7. The third-order valence-electron chi connectivity index (χ3n) is 15.0. The van der Waals surface area contributed by atoms with Gasteiger partial charge in [0, 0.05) is 137 Å². The summed E-state index contributed by atoms with van der Waals surface area (Å²) in [6.07, 6.45) is -14.6. The maximum Gasteiger partial charge on any atom is 0.435 e. The average Bonchev–Trinajstić information content (AvgIpc) is 1.66. The van der Waals surface area contributed by atoms with Crippen molar-refractivity contribution in [1.29, 1.82) is 0 Å². The zero-order valence-electron chi connectivity index (χ0n) is 59.2. The van der Waals surface area contributed by atoms with Crippen molar-refractivity contribution < 1.29 is 96.6 Å². The van der Waals surface area contributed by atoms with Crippen LogP contribution in [0.25, 0.3) is 17.1 Å². The van der Waals surface area contributed by atoms with Gasteiger partial charge in [0.05, 0.1) is 38.4 Å². The molecule has 12 rings (SSSR count). The zero-order valence-corrected chi connectivity index (χ0v) is 63.7. The van der Waals surface area contributed by atoms with Crippen molar-refractivity contribution in [2.24, 2.45) is 15.0 Å². The van der Waals surface area contributed by atoms with Crippen LogP contribution in [0.3, 0.4) is 0 Å². The van der Waals surface area contributed by atoms with E-state index in [1.807, 2.05) is 0 Å². The number of hydrogen-bond donors (Lipinski definition) is 9. The number of nitrogens with zero attached hydrogens (tertiary/aromatic N) is 9. The smallest absolute Gasteiger partial charge is 0.435 e. The van der Waals surface area contributed by atoms with E-state index in [2.05, 4.69) is 62.2 Å². The van der Waals surface area contributed by atoms with E-state index >= 15 is 0 Å². The Morgan fingerprint density at radius 3 is 0.897 bits per heavy atom. The molecule has 0 saturated heterocycles. The number of phenols is 3. The zero-order chi connectivity index (χ0) is 85.0. The van der Waals surface area contributed by atoms with Gasteiger partial charge >= 0.3 is 18.5 Å². The maximum absolute atomic E-state index is 14.0. The topological polar surface area (TPSA) is 302 Å². The quantitative estimate of drug-likeness (QED) is 0.0262. The predicted octanol–water partition coefficient (Wildman–Crippen LogP) is 19.7. The molecular formula is C75H51Cl6F12N15O9. The van der Waals surface area contributed by atoms with Gasteiger partial charge in [-0.2, -0.15) is 69.8 Å². The maximum atomic E-state index is 14.0. The van der Waals surface area contributed by atoms with E-state index in [9.17, 15) is 82.4 Å². The molecule has 0 unspecified atom stereocenters. The van der Waals surface area contributed by atoms with Crippen LogP contribution in [0.2, 0.25) is 30.1 Å². The minimum absolute atomic E-state index is 0.00680. The third-order valence-corrected chi connectivity index (χ3v) is 16.4. The number of benzene rings is 9.